The Morgan fingerprint density at radius 2 is 2.31 bits per heavy atom. The van der Waals surface area contributed by atoms with Crippen molar-refractivity contribution in [3.05, 3.63) is 0 Å². The molecule has 2 aliphatic rings. The number of nitrogens with one attached hydrogen (secondary N) is 1. The van der Waals surface area contributed by atoms with Crippen molar-refractivity contribution in [2.45, 2.75) is 51.1 Å². The van der Waals surface area contributed by atoms with Crippen LogP contribution < -0.4 is 5.32 Å². The number of hydrogen-bond acceptors (Lipinski definition) is 3. The molecule has 3 nitrogen and oxygen atoms in total. The summed E-state index contributed by atoms with van der Waals surface area (Å²) in [6.07, 6.45) is 5.25. The first-order chi connectivity index (χ1) is 7.73. The summed E-state index contributed by atoms with van der Waals surface area (Å²) in [5.74, 6) is 0. The minimum atomic E-state index is 0.336. The zero-order valence-corrected chi connectivity index (χ0v) is 10.8. The fourth-order valence-electron chi connectivity index (χ4n) is 2.98. The van der Waals surface area contributed by atoms with E-state index in [1.54, 1.807) is 0 Å². The van der Waals surface area contributed by atoms with Crippen LogP contribution in [0.5, 0.6) is 0 Å². The summed E-state index contributed by atoms with van der Waals surface area (Å²) < 4.78 is 5.56. The summed E-state index contributed by atoms with van der Waals surface area (Å²) in [6.45, 7) is 9.97. The van der Waals surface area contributed by atoms with Crippen LogP contribution in [0.15, 0.2) is 0 Å². The Kier molecular flexibility index (Phi) is 4.22. The molecule has 0 aromatic rings. The topological polar surface area (TPSA) is 24.5 Å². The molecule has 94 valence electrons. The standard InChI is InChI=1S/C13H26N2O/c1-3-12-10-16-9-8-15(12)11-13(2)6-4-5-7-14-13/h12,14H,3-11H2,1-2H3. The molecule has 1 N–H and O–H groups in total. The van der Waals surface area contributed by atoms with Gasteiger partial charge in [0.15, 0.2) is 0 Å². The van der Waals surface area contributed by atoms with E-state index in [4.69, 9.17) is 4.74 Å². The lowest BCUT2D eigenvalue weighted by atomic mass is 9.89. The van der Waals surface area contributed by atoms with E-state index in [1.807, 2.05) is 0 Å². The average molecular weight is 226 g/mol. The highest BCUT2D eigenvalue weighted by Gasteiger charge is 2.32. The number of morpholine rings is 1. The van der Waals surface area contributed by atoms with Crippen LogP contribution in [0.25, 0.3) is 0 Å². The van der Waals surface area contributed by atoms with Crippen molar-refractivity contribution in [3.63, 3.8) is 0 Å². The number of piperidine rings is 1. The molecule has 0 aliphatic carbocycles. The molecule has 2 rings (SSSR count). The van der Waals surface area contributed by atoms with Gasteiger partial charge in [-0.05, 0) is 32.7 Å². The van der Waals surface area contributed by atoms with Crippen LogP contribution in [0.4, 0.5) is 0 Å². The minimum absolute atomic E-state index is 0.336. The lowest BCUT2D eigenvalue weighted by molar-refractivity contribution is -0.0222. The van der Waals surface area contributed by atoms with Crippen molar-refractivity contribution in [1.29, 1.82) is 0 Å². The van der Waals surface area contributed by atoms with Crippen LogP contribution in [0, 0.1) is 0 Å². The van der Waals surface area contributed by atoms with Crippen LogP contribution in [-0.2, 0) is 4.74 Å². The maximum atomic E-state index is 5.56. The summed E-state index contributed by atoms with van der Waals surface area (Å²) in [7, 11) is 0. The van der Waals surface area contributed by atoms with Gasteiger partial charge < -0.3 is 10.1 Å². The van der Waals surface area contributed by atoms with Gasteiger partial charge in [0.05, 0.1) is 13.2 Å². The smallest absolute Gasteiger partial charge is 0.0622 e. The molecule has 0 spiro atoms. The van der Waals surface area contributed by atoms with Gasteiger partial charge in [0.2, 0.25) is 0 Å². The Bertz CT molecular complexity index is 214. The van der Waals surface area contributed by atoms with Gasteiger partial charge in [0, 0.05) is 24.7 Å². The fourth-order valence-corrected chi connectivity index (χ4v) is 2.98. The third kappa shape index (κ3) is 2.96. The van der Waals surface area contributed by atoms with Gasteiger partial charge in [-0.2, -0.15) is 0 Å². The van der Waals surface area contributed by atoms with E-state index in [9.17, 15) is 0 Å². The molecule has 0 bridgehead atoms. The SMILES string of the molecule is CCC1COCCN1CC1(C)CCCCN1. The molecule has 0 aromatic heterocycles. The molecular formula is C13H26N2O. The van der Waals surface area contributed by atoms with Crippen LogP contribution in [0.2, 0.25) is 0 Å². The van der Waals surface area contributed by atoms with Crippen LogP contribution in [0.1, 0.15) is 39.5 Å². The van der Waals surface area contributed by atoms with Gasteiger partial charge in [-0.3, -0.25) is 4.90 Å². The zero-order valence-electron chi connectivity index (χ0n) is 10.8. The molecule has 0 amide bonds. The van der Waals surface area contributed by atoms with Gasteiger partial charge >= 0.3 is 0 Å². The van der Waals surface area contributed by atoms with Gasteiger partial charge in [0.1, 0.15) is 0 Å². The highest BCUT2D eigenvalue weighted by molar-refractivity contribution is 4.91. The van der Waals surface area contributed by atoms with E-state index in [0.717, 1.165) is 19.8 Å². The van der Waals surface area contributed by atoms with E-state index < -0.39 is 0 Å². The zero-order chi connectivity index (χ0) is 11.4. The van der Waals surface area contributed by atoms with E-state index in [-0.39, 0.29) is 0 Å². The first-order valence-electron chi connectivity index (χ1n) is 6.80. The van der Waals surface area contributed by atoms with Gasteiger partial charge in [-0.25, -0.2) is 0 Å². The molecule has 2 unspecified atom stereocenters. The highest BCUT2D eigenvalue weighted by atomic mass is 16.5. The molecule has 2 atom stereocenters. The largest absolute Gasteiger partial charge is 0.378 e. The Morgan fingerprint density at radius 3 is 3.00 bits per heavy atom. The van der Waals surface area contributed by atoms with Crippen LogP contribution in [0.3, 0.4) is 0 Å². The lowest BCUT2D eigenvalue weighted by Gasteiger charge is -2.43. The second kappa shape index (κ2) is 5.48. The Hall–Kier alpha value is -0.120. The summed E-state index contributed by atoms with van der Waals surface area (Å²) in [6, 6.07) is 0.634. The van der Waals surface area contributed by atoms with Crippen molar-refractivity contribution >= 4 is 0 Å². The summed E-state index contributed by atoms with van der Waals surface area (Å²) >= 11 is 0. The molecule has 16 heavy (non-hydrogen) atoms. The average Bonchev–Trinajstić information content (AvgIpc) is 2.30. The molecule has 2 fully saturated rings. The molecule has 3 heteroatoms. The second-order valence-corrected chi connectivity index (χ2v) is 5.55. The monoisotopic (exact) mass is 226 g/mol. The quantitative estimate of drug-likeness (QED) is 0.791. The van der Waals surface area contributed by atoms with Crippen LogP contribution >= 0.6 is 0 Å². The van der Waals surface area contributed by atoms with Crippen molar-refractivity contribution in [3.8, 4) is 0 Å². The maximum absolute atomic E-state index is 5.56. The highest BCUT2D eigenvalue weighted by Crippen LogP contribution is 2.22. The van der Waals surface area contributed by atoms with Gasteiger partial charge in [-0.15, -0.1) is 0 Å². The summed E-state index contributed by atoms with van der Waals surface area (Å²) in [5.41, 5.74) is 0.336. The molecule has 2 heterocycles. The predicted molar refractivity (Wildman–Crippen MR) is 66.7 cm³/mol. The number of hydrogen-bond donors (Lipinski definition) is 1. The first-order valence-corrected chi connectivity index (χ1v) is 6.80. The van der Waals surface area contributed by atoms with Gasteiger partial charge in [0.25, 0.3) is 0 Å². The number of rotatable bonds is 3. The Morgan fingerprint density at radius 1 is 1.44 bits per heavy atom. The summed E-state index contributed by atoms with van der Waals surface area (Å²) in [4.78, 5) is 2.63. The van der Waals surface area contributed by atoms with E-state index in [2.05, 4.69) is 24.1 Å². The Labute approximate surface area is 99.5 Å². The fraction of sp³-hybridized carbons (Fsp3) is 1.00. The first kappa shape index (κ1) is 12.3. The molecule has 0 aromatic carbocycles. The van der Waals surface area contributed by atoms with E-state index in [1.165, 1.54) is 38.8 Å². The van der Waals surface area contributed by atoms with E-state index >= 15 is 0 Å². The van der Waals surface area contributed by atoms with Crippen molar-refractivity contribution in [2.24, 2.45) is 0 Å². The van der Waals surface area contributed by atoms with Crippen molar-refractivity contribution in [2.75, 3.05) is 32.8 Å². The van der Waals surface area contributed by atoms with Crippen molar-refractivity contribution < 1.29 is 4.74 Å². The molecule has 2 saturated heterocycles. The maximum Gasteiger partial charge on any atom is 0.0622 e. The third-order valence-corrected chi connectivity index (χ3v) is 4.08. The number of ether oxygens (including phenoxy) is 1. The molecular weight excluding hydrogens is 200 g/mol. The van der Waals surface area contributed by atoms with E-state index in [0.29, 0.717) is 11.6 Å². The molecule has 0 radical (unpaired) electrons. The Balaban J connectivity index is 1.90. The lowest BCUT2D eigenvalue weighted by Crippen LogP contribution is -2.58. The summed E-state index contributed by atoms with van der Waals surface area (Å²) in [5, 5.41) is 3.70. The van der Waals surface area contributed by atoms with Gasteiger partial charge in [-0.1, -0.05) is 13.3 Å². The minimum Gasteiger partial charge on any atom is -0.378 e. The molecule has 0 saturated carbocycles. The second-order valence-electron chi connectivity index (χ2n) is 5.55. The molecule has 2 aliphatic heterocycles. The van der Waals surface area contributed by atoms with Crippen molar-refractivity contribution in [1.82, 2.24) is 10.2 Å². The normalized spacial score (nSPS) is 37.5. The number of nitrogens with zero attached hydrogens (tertiary/aromatic N) is 1. The third-order valence-electron chi connectivity index (χ3n) is 4.08. The van der Waals surface area contributed by atoms with Crippen LogP contribution in [-0.4, -0.2) is 49.3 Å². The predicted octanol–water partition coefficient (Wildman–Crippen LogP) is 1.63.